The smallest absolute Gasteiger partial charge is 0.253 e. The number of rotatable bonds is 6. The zero-order chi connectivity index (χ0) is 17.2. The van der Waals surface area contributed by atoms with E-state index in [4.69, 9.17) is 0 Å². The van der Waals surface area contributed by atoms with Gasteiger partial charge in [0.25, 0.3) is 5.91 Å². The summed E-state index contributed by atoms with van der Waals surface area (Å²) >= 11 is 0. The first-order valence-corrected chi connectivity index (χ1v) is 10.0. The summed E-state index contributed by atoms with van der Waals surface area (Å²) in [5.41, 5.74) is 0.549. The molecule has 1 aliphatic heterocycles. The maximum absolute atomic E-state index is 12.6. The molecule has 0 atom stereocenters. The summed E-state index contributed by atoms with van der Waals surface area (Å²) in [4.78, 5) is 14.6. The molecule has 1 amide bonds. The summed E-state index contributed by atoms with van der Waals surface area (Å²) in [6.07, 6.45) is 3.81. The minimum atomic E-state index is -3.46. The molecule has 24 heavy (non-hydrogen) atoms. The molecule has 2 aliphatic rings. The number of nitrogens with one attached hydrogen (secondary N) is 2. The van der Waals surface area contributed by atoms with Crippen molar-refractivity contribution < 1.29 is 13.2 Å². The average Bonchev–Trinajstić information content (AvgIpc) is 3.39. The molecule has 1 aliphatic carbocycles. The minimum absolute atomic E-state index is 0.0167. The fourth-order valence-corrected chi connectivity index (χ4v) is 4.38. The Labute approximate surface area is 143 Å². The van der Waals surface area contributed by atoms with Gasteiger partial charge in [-0.05, 0) is 69.5 Å². The van der Waals surface area contributed by atoms with E-state index in [-0.39, 0.29) is 16.8 Å². The van der Waals surface area contributed by atoms with Crippen molar-refractivity contribution in [3.63, 3.8) is 0 Å². The quantitative estimate of drug-likeness (QED) is 0.807. The third kappa shape index (κ3) is 4.15. The molecule has 6 nitrogen and oxygen atoms in total. The Morgan fingerprint density at radius 3 is 2.29 bits per heavy atom. The van der Waals surface area contributed by atoms with Crippen molar-refractivity contribution in [2.24, 2.45) is 5.92 Å². The predicted molar refractivity (Wildman–Crippen MR) is 92.3 cm³/mol. The molecule has 0 bridgehead atoms. The van der Waals surface area contributed by atoms with Gasteiger partial charge in [0.1, 0.15) is 0 Å². The molecule has 0 aromatic heterocycles. The van der Waals surface area contributed by atoms with E-state index in [1.54, 1.807) is 12.1 Å². The Balaban J connectivity index is 1.62. The molecule has 3 rings (SSSR count). The Morgan fingerprint density at radius 1 is 1.12 bits per heavy atom. The van der Waals surface area contributed by atoms with Crippen LogP contribution >= 0.6 is 0 Å². The molecule has 1 heterocycles. The first-order valence-electron chi connectivity index (χ1n) is 8.56. The molecule has 1 aromatic carbocycles. The maximum atomic E-state index is 12.6. The summed E-state index contributed by atoms with van der Waals surface area (Å²) in [6.45, 7) is 2.51. The molecular weight excluding hydrogens is 326 g/mol. The summed E-state index contributed by atoms with van der Waals surface area (Å²) in [5, 5.41) is 3.19. The van der Waals surface area contributed by atoms with Crippen LogP contribution in [-0.4, -0.2) is 51.9 Å². The SMILES string of the molecule is CNCC1CCN(C(=O)c2ccc(S(=O)(=O)NC3CC3)cc2)CC1. The summed E-state index contributed by atoms with van der Waals surface area (Å²) in [7, 11) is -1.51. The van der Waals surface area contributed by atoms with Gasteiger partial charge in [0.05, 0.1) is 4.90 Å². The molecule has 0 radical (unpaired) electrons. The Kier molecular flexibility index (Phi) is 5.22. The van der Waals surface area contributed by atoms with E-state index in [9.17, 15) is 13.2 Å². The van der Waals surface area contributed by atoms with E-state index >= 15 is 0 Å². The second kappa shape index (κ2) is 7.21. The number of benzene rings is 1. The normalized spacial score (nSPS) is 19.5. The lowest BCUT2D eigenvalue weighted by atomic mass is 9.96. The van der Waals surface area contributed by atoms with Gasteiger partial charge in [-0.15, -0.1) is 0 Å². The van der Waals surface area contributed by atoms with Crippen LogP contribution in [0.4, 0.5) is 0 Å². The van der Waals surface area contributed by atoms with Gasteiger partial charge < -0.3 is 10.2 Å². The number of likely N-dealkylation sites (tertiary alicyclic amines) is 1. The Bertz CT molecular complexity index is 676. The van der Waals surface area contributed by atoms with E-state index in [0.29, 0.717) is 11.5 Å². The van der Waals surface area contributed by atoms with Crippen LogP contribution in [0.5, 0.6) is 0 Å². The van der Waals surface area contributed by atoms with Crippen LogP contribution in [0.3, 0.4) is 0 Å². The van der Waals surface area contributed by atoms with E-state index in [1.165, 1.54) is 12.1 Å². The third-order valence-corrected chi connectivity index (χ3v) is 6.24. The highest BCUT2D eigenvalue weighted by molar-refractivity contribution is 7.89. The maximum Gasteiger partial charge on any atom is 0.253 e. The number of carbonyl (C=O) groups excluding carboxylic acids is 1. The summed E-state index contributed by atoms with van der Waals surface area (Å²) in [5.74, 6) is 0.608. The molecule has 132 valence electrons. The van der Waals surface area contributed by atoms with Crippen molar-refractivity contribution >= 4 is 15.9 Å². The number of piperidine rings is 1. The zero-order valence-corrected chi connectivity index (χ0v) is 14.8. The summed E-state index contributed by atoms with van der Waals surface area (Å²) < 4.78 is 26.9. The standard InChI is InChI=1S/C17H25N3O3S/c1-18-12-13-8-10-20(11-9-13)17(21)14-2-6-16(7-3-14)24(22,23)19-15-4-5-15/h2-3,6-7,13,15,18-19H,4-5,8-12H2,1H3. The number of carbonyl (C=O) groups is 1. The van der Waals surface area contributed by atoms with E-state index in [1.807, 2.05) is 11.9 Å². The number of sulfonamides is 1. The summed E-state index contributed by atoms with van der Waals surface area (Å²) in [6, 6.07) is 6.35. The second-order valence-electron chi connectivity index (χ2n) is 6.71. The van der Waals surface area contributed by atoms with Gasteiger partial charge in [-0.2, -0.15) is 0 Å². The van der Waals surface area contributed by atoms with Crippen molar-refractivity contribution in [2.45, 2.75) is 36.6 Å². The van der Waals surface area contributed by atoms with Gasteiger partial charge in [-0.1, -0.05) is 0 Å². The topological polar surface area (TPSA) is 78.5 Å². The van der Waals surface area contributed by atoms with Crippen LogP contribution < -0.4 is 10.0 Å². The first-order chi connectivity index (χ1) is 11.5. The molecule has 1 saturated heterocycles. The molecule has 1 saturated carbocycles. The van der Waals surface area contributed by atoms with E-state index in [0.717, 1.165) is 45.3 Å². The van der Waals surface area contributed by atoms with Crippen molar-refractivity contribution in [3.05, 3.63) is 29.8 Å². The van der Waals surface area contributed by atoms with Gasteiger partial charge in [0.15, 0.2) is 0 Å². The average molecular weight is 351 g/mol. The highest BCUT2D eigenvalue weighted by Crippen LogP contribution is 2.23. The molecule has 1 aromatic rings. The lowest BCUT2D eigenvalue weighted by Crippen LogP contribution is -2.40. The van der Waals surface area contributed by atoms with Crippen LogP contribution in [0.25, 0.3) is 0 Å². The van der Waals surface area contributed by atoms with Crippen molar-refractivity contribution in [1.82, 2.24) is 14.9 Å². The molecular formula is C17H25N3O3S. The second-order valence-corrected chi connectivity index (χ2v) is 8.43. The largest absolute Gasteiger partial charge is 0.339 e. The number of hydrogen-bond acceptors (Lipinski definition) is 4. The van der Waals surface area contributed by atoms with Gasteiger partial charge in [0, 0.05) is 24.7 Å². The van der Waals surface area contributed by atoms with E-state index in [2.05, 4.69) is 10.0 Å². The molecule has 2 fully saturated rings. The van der Waals surface area contributed by atoms with Gasteiger partial charge >= 0.3 is 0 Å². The number of hydrogen-bond donors (Lipinski definition) is 2. The van der Waals surface area contributed by atoms with Crippen molar-refractivity contribution in [2.75, 3.05) is 26.7 Å². The van der Waals surface area contributed by atoms with Crippen LogP contribution in [0.15, 0.2) is 29.2 Å². The molecule has 0 spiro atoms. The predicted octanol–water partition coefficient (Wildman–Crippen LogP) is 1.20. The highest BCUT2D eigenvalue weighted by atomic mass is 32.2. The molecule has 2 N–H and O–H groups in total. The first kappa shape index (κ1) is 17.4. The van der Waals surface area contributed by atoms with Crippen LogP contribution in [0.1, 0.15) is 36.0 Å². The Hall–Kier alpha value is -1.44. The fourth-order valence-electron chi connectivity index (χ4n) is 3.08. The Morgan fingerprint density at radius 2 is 1.75 bits per heavy atom. The van der Waals surface area contributed by atoms with Gasteiger partial charge in [-0.3, -0.25) is 4.79 Å². The van der Waals surface area contributed by atoms with E-state index < -0.39 is 10.0 Å². The molecule has 0 unspecified atom stereocenters. The molecule has 7 heteroatoms. The monoisotopic (exact) mass is 351 g/mol. The fraction of sp³-hybridized carbons (Fsp3) is 0.588. The lowest BCUT2D eigenvalue weighted by molar-refractivity contribution is 0.0691. The third-order valence-electron chi connectivity index (χ3n) is 4.71. The van der Waals surface area contributed by atoms with Crippen molar-refractivity contribution in [1.29, 1.82) is 0 Å². The van der Waals surface area contributed by atoms with Crippen LogP contribution in [-0.2, 0) is 10.0 Å². The van der Waals surface area contributed by atoms with Crippen molar-refractivity contribution in [3.8, 4) is 0 Å². The van der Waals surface area contributed by atoms with Crippen LogP contribution in [0.2, 0.25) is 0 Å². The number of nitrogens with zero attached hydrogens (tertiary/aromatic N) is 1. The van der Waals surface area contributed by atoms with Crippen LogP contribution in [0, 0.1) is 5.92 Å². The minimum Gasteiger partial charge on any atom is -0.339 e. The highest BCUT2D eigenvalue weighted by Gasteiger charge is 2.28. The van der Waals surface area contributed by atoms with Gasteiger partial charge in [-0.25, -0.2) is 13.1 Å². The lowest BCUT2D eigenvalue weighted by Gasteiger charge is -2.32. The van der Waals surface area contributed by atoms with Gasteiger partial charge in [0.2, 0.25) is 10.0 Å². The zero-order valence-electron chi connectivity index (χ0n) is 14.0. The number of amides is 1.